The Morgan fingerprint density at radius 1 is 1.10 bits per heavy atom. The molecule has 0 aromatic heterocycles. The Balaban J connectivity index is 1.63. The number of rotatable bonds is 8. The van der Waals surface area contributed by atoms with Crippen LogP contribution in [-0.4, -0.2) is 18.2 Å². The van der Waals surface area contributed by atoms with Crippen molar-refractivity contribution < 1.29 is 14.4 Å². The zero-order chi connectivity index (χ0) is 20.6. The van der Waals surface area contributed by atoms with Gasteiger partial charge in [0, 0.05) is 16.6 Å². The van der Waals surface area contributed by atoms with E-state index < -0.39 is 4.92 Å². The second-order valence-corrected chi connectivity index (χ2v) is 6.92. The van der Waals surface area contributed by atoms with Gasteiger partial charge in [0.25, 0.3) is 5.69 Å². The molecule has 8 heteroatoms. The molecule has 3 aromatic carbocycles. The number of nitrogens with one attached hydrogen (secondary N) is 1. The SMILES string of the molecule is COc1cc(C=NNc2ccc([N+](=O)[O-])cc2)ccc1OCc1cccc(Br)c1. The lowest BCUT2D eigenvalue weighted by molar-refractivity contribution is -0.384. The van der Waals surface area contributed by atoms with Crippen LogP contribution in [0.1, 0.15) is 11.1 Å². The van der Waals surface area contributed by atoms with Crippen molar-refractivity contribution >= 4 is 33.5 Å². The second kappa shape index (κ2) is 9.70. The Kier molecular flexibility index (Phi) is 6.80. The van der Waals surface area contributed by atoms with E-state index in [0.717, 1.165) is 15.6 Å². The number of hydrogen-bond donors (Lipinski definition) is 1. The summed E-state index contributed by atoms with van der Waals surface area (Å²) in [7, 11) is 1.58. The lowest BCUT2D eigenvalue weighted by atomic mass is 10.2. The van der Waals surface area contributed by atoms with Crippen molar-refractivity contribution in [1.82, 2.24) is 0 Å². The maximum atomic E-state index is 10.7. The Morgan fingerprint density at radius 3 is 2.59 bits per heavy atom. The zero-order valence-electron chi connectivity index (χ0n) is 15.5. The molecule has 0 saturated heterocycles. The number of ether oxygens (including phenoxy) is 2. The van der Waals surface area contributed by atoms with E-state index in [1.54, 1.807) is 25.5 Å². The first-order valence-corrected chi connectivity index (χ1v) is 9.43. The highest BCUT2D eigenvalue weighted by molar-refractivity contribution is 9.10. The summed E-state index contributed by atoms with van der Waals surface area (Å²) < 4.78 is 12.3. The summed E-state index contributed by atoms with van der Waals surface area (Å²) in [4.78, 5) is 10.2. The quantitative estimate of drug-likeness (QED) is 0.279. The highest BCUT2D eigenvalue weighted by Gasteiger charge is 2.06. The van der Waals surface area contributed by atoms with Gasteiger partial charge < -0.3 is 9.47 Å². The van der Waals surface area contributed by atoms with Crippen molar-refractivity contribution in [2.24, 2.45) is 5.10 Å². The minimum absolute atomic E-state index is 0.0303. The van der Waals surface area contributed by atoms with Crippen LogP contribution in [0.15, 0.2) is 76.3 Å². The molecule has 0 saturated carbocycles. The molecule has 0 aliphatic carbocycles. The van der Waals surface area contributed by atoms with Crippen molar-refractivity contribution in [3.05, 3.63) is 92.4 Å². The van der Waals surface area contributed by atoms with Gasteiger partial charge in [-0.1, -0.05) is 28.1 Å². The topological polar surface area (TPSA) is 86.0 Å². The van der Waals surface area contributed by atoms with Crippen LogP contribution < -0.4 is 14.9 Å². The Morgan fingerprint density at radius 2 is 1.90 bits per heavy atom. The monoisotopic (exact) mass is 455 g/mol. The van der Waals surface area contributed by atoms with Gasteiger partial charge in [-0.3, -0.25) is 15.5 Å². The molecular weight excluding hydrogens is 438 g/mol. The van der Waals surface area contributed by atoms with E-state index in [0.29, 0.717) is 23.8 Å². The van der Waals surface area contributed by atoms with Crippen LogP contribution in [0, 0.1) is 10.1 Å². The predicted octanol–water partition coefficient (Wildman–Crippen LogP) is 5.39. The number of hydrazone groups is 1. The van der Waals surface area contributed by atoms with E-state index in [4.69, 9.17) is 9.47 Å². The fraction of sp³-hybridized carbons (Fsp3) is 0.0952. The first-order chi connectivity index (χ1) is 14.0. The van der Waals surface area contributed by atoms with E-state index in [2.05, 4.69) is 26.5 Å². The average Bonchev–Trinajstić information content (AvgIpc) is 2.73. The molecule has 7 nitrogen and oxygen atoms in total. The summed E-state index contributed by atoms with van der Waals surface area (Å²) in [5.74, 6) is 1.23. The molecule has 29 heavy (non-hydrogen) atoms. The maximum absolute atomic E-state index is 10.7. The summed E-state index contributed by atoms with van der Waals surface area (Å²) in [6.45, 7) is 0.422. The number of halogens is 1. The number of anilines is 1. The van der Waals surface area contributed by atoms with Crippen LogP contribution in [0.25, 0.3) is 0 Å². The van der Waals surface area contributed by atoms with Gasteiger partial charge in [-0.05, 0) is 53.6 Å². The average molecular weight is 456 g/mol. The molecular formula is C21H18BrN3O4. The van der Waals surface area contributed by atoms with Gasteiger partial charge in [0.1, 0.15) is 6.61 Å². The fourth-order valence-corrected chi connectivity index (χ4v) is 2.96. The van der Waals surface area contributed by atoms with Gasteiger partial charge in [0.2, 0.25) is 0 Å². The fourth-order valence-electron chi connectivity index (χ4n) is 2.51. The van der Waals surface area contributed by atoms with E-state index in [-0.39, 0.29) is 5.69 Å². The predicted molar refractivity (Wildman–Crippen MR) is 116 cm³/mol. The Bertz CT molecular complexity index is 1020. The summed E-state index contributed by atoms with van der Waals surface area (Å²) in [6, 6.07) is 19.4. The lowest BCUT2D eigenvalue weighted by Gasteiger charge is -2.11. The smallest absolute Gasteiger partial charge is 0.269 e. The number of hydrogen-bond acceptors (Lipinski definition) is 6. The molecule has 0 aliphatic rings. The largest absolute Gasteiger partial charge is 0.493 e. The maximum Gasteiger partial charge on any atom is 0.269 e. The minimum atomic E-state index is -0.445. The van der Waals surface area contributed by atoms with E-state index in [9.17, 15) is 10.1 Å². The number of benzene rings is 3. The van der Waals surface area contributed by atoms with Crippen molar-refractivity contribution in [2.45, 2.75) is 6.61 Å². The minimum Gasteiger partial charge on any atom is -0.493 e. The molecule has 1 N–H and O–H groups in total. The van der Waals surface area contributed by atoms with Crippen LogP contribution in [0.2, 0.25) is 0 Å². The highest BCUT2D eigenvalue weighted by atomic mass is 79.9. The third-order valence-corrected chi connectivity index (χ3v) is 4.45. The van der Waals surface area contributed by atoms with Crippen molar-refractivity contribution in [2.75, 3.05) is 12.5 Å². The van der Waals surface area contributed by atoms with E-state index in [1.807, 2.05) is 42.5 Å². The normalized spacial score (nSPS) is 10.7. The summed E-state index contributed by atoms with van der Waals surface area (Å²) in [5.41, 5.74) is 5.36. The Hall–Kier alpha value is -3.39. The number of methoxy groups -OCH3 is 1. The van der Waals surface area contributed by atoms with Crippen LogP contribution in [0.4, 0.5) is 11.4 Å². The van der Waals surface area contributed by atoms with Crippen molar-refractivity contribution in [3.63, 3.8) is 0 Å². The summed E-state index contributed by atoms with van der Waals surface area (Å²) in [5, 5.41) is 14.8. The molecule has 0 bridgehead atoms. The van der Waals surface area contributed by atoms with Crippen LogP contribution in [-0.2, 0) is 6.61 Å². The van der Waals surface area contributed by atoms with E-state index >= 15 is 0 Å². The summed E-state index contributed by atoms with van der Waals surface area (Å²) >= 11 is 3.45. The molecule has 148 valence electrons. The molecule has 0 unspecified atom stereocenters. The molecule has 0 aliphatic heterocycles. The number of nitrogens with zero attached hydrogens (tertiary/aromatic N) is 2. The van der Waals surface area contributed by atoms with Gasteiger partial charge in [0.15, 0.2) is 11.5 Å². The number of non-ortho nitro benzene ring substituents is 1. The Labute approximate surface area is 176 Å². The molecule has 0 spiro atoms. The van der Waals surface area contributed by atoms with Gasteiger partial charge in [-0.2, -0.15) is 5.10 Å². The van der Waals surface area contributed by atoms with Gasteiger partial charge in [-0.25, -0.2) is 0 Å². The first kappa shape index (κ1) is 20.3. The molecule has 0 amide bonds. The summed E-state index contributed by atoms with van der Waals surface area (Å²) in [6.07, 6.45) is 1.63. The standard InChI is InChI=1S/C21H18BrN3O4/c1-28-21-12-15(13-23-24-18-6-8-19(9-7-18)25(26)27)5-10-20(21)29-14-16-3-2-4-17(22)11-16/h2-13,24H,14H2,1H3. The molecule has 0 radical (unpaired) electrons. The zero-order valence-corrected chi connectivity index (χ0v) is 17.1. The van der Waals surface area contributed by atoms with Crippen LogP contribution in [0.5, 0.6) is 11.5 Å². The molecule has 0 atom stereocenters. The molecule has 0 heterocycles. The van der Waals surface area contributed by atoms with Crippen molar-refractivity contribution in [1.29, 1.82) is 0 Å². The van der Waals surface area contributed by atoms with Gasteiger partial charge in [-0.15, -0.1) is 0 Å². The van der Waals surface area contributed by atoms with Gasteiger partial charge in [0.05, 0.1) is 23.9 Å². The van der Waals surface area contributed by atoms with Crippen molar-refractivity contribution in [3.8, 4) is 11.5 Å². The third kappa shape index (κ3) is 5.79. The van der Waals surface area contributed by atoms with E-state index in [1.165, 1.54) is 12.1 Å². The van der Waals surface area contributed by atoms with Crippen LogP contribution >= 0.6 is 15.9 Å². The number of nitro benzene ring substituents is 1. The molecule has 3 aromatic rings. The molecule has 3 rings (SSSR count). The van der Waals surface area contributed by atoms with Gasteiger partial charge >= 0.3 is 0 Å². The molecule has 0 fully saturated rings. The third-order valence-electron chi connectivity index (χ3n) is 3.96. The lowest BCUT2D eigenvalue weighted by Crippen LogP contribution is -1.99. The first-order valence-electron chi connectivity index (χ1n) is 8.64. The highest BCUT2D eigenvalue weighted by Crippen LogP contribution is 2.28. The number of nitro groups is 1. The second-order valence-electron chi connectivity index (χ2n) is 6.00. The van der Waals surface area contributed by atoms with Crippen LogP contribution in [0.3, 0.4) is 0 Å².